The van der Waals surface area contributed by atoms with Crippen molar-refractivity contribution >= 4 is 11.6 Å². The van der Waals surface area contributed by atoms with Crippen LogP contribution in [-0.4, -0.2) is 42.2 Å². The molecule has 1 unspecified atom stereocenters. The average Bonchev–Trinajstić information content (AvgIpc) is 2.47. The summed E-state index contributed by atoms with van der Waals surface area (Å²) in [6, 6.07) is 5.09. The number of nitrogen functional groups attached to an aromatic ring is 1. The number of nitrogens with zero attached hydrogens (tertiary/aromatic N) is 1. The Morgan fingerprint density at radius 3 is 2.65 bits per heavy atom. The summed E-state index contributed by atoms with van der Waals surface area (Å²) >= 11 is 0. The molecule has 5 heteroatoms. The van der Waals surface area contributed by atoms with Crippen molar-refractivity contribution in [3.8, 4) is 5.75 Å². The monoisotopic (exact) mass is 278 g/mol. The van der Waals surface area contributed by atoms with Crippen LogP contribution in [0.1, 0.15) is 30.1 Å². The van der Waals surface area contributed by atoms with E-state index in [-0.39, 0.29) is 12.0 Å². The predicted octanol–water partition coefficient (Wildman–Crippen LogP) is 1.51. The van der Waals surface area contributed by atoms with E-state index >= 15 is 0 Å². The summed E-state index contributed by atoms with van der Waals surface area (Å²) < 4.78 is 5.14. The van der Waals surface area contributed by atoms with E-state index in [0.717, 1.165) is 12.8 Å². The molecule has 1 atom stereocenters. The molecule has 0 bridgehead atoms. The van der Waals surface area contributed by atoms with Gasteiger partial charge in [0.05, 0.1) is 18.9 Å². The van der Waals surface area contributed by atoms with E-state index < -0.39 is 0 Å². The van der Waals surface area contributed by atoms with E-state index in [4.69, 9.17) is 10.5 Å². The van der Waals surface area contributed by atoms with Crippen LogP contribution >= 0.6 is 0 Å². The maximum atomic E-state index is 12.4. The van der Waals surface area contributed by atoms with Crippen LogP contribution in [0.5, 0.6) is 5.75 Å². The first kappa shape index (κ1) is 14.7. The van der Waals surface area contributed by atoms with Crippen molar-refractivity contribution < 1.29 is 14.6 Å². The summed E-state index contributed by atoms with van der Waals surface area (Å²) in [6.45, 7) is 3.18. The summed E-state index contributed by atoms with van der Waals surface area (Å²) in [5.74, 6) is 0.807. The fourth-order valence-electron chi connectivity index (χ4n) is 2.61. The summed E-state index contributed by atoms with van der Waals surface area (Å²) in [5, 5.41) is 9.58. The van der Waals surface area contributed by atoms with Gasteiger partial charge >= 0.3 is 0 Å². The van der Waals surface area contributed by atoms with Gasteiger partial charge in [-0.15, -0.1) is 0 Å². The van der Waals surface area contributed by atoms with E-state index in [1.54, 1.807) is 18.2 Å². The Morgan fingerprint density at radius 2 is 2.10 bits per heavy atom. The van der Waals surface area contributed by atoms with Crippen molar-refractivity contribution in [3.05, 3.63) is 23.8 Å². The zero-order valence-electron chi connectivity index (χ0n) is 12.0. The van der Waals surface area contributed by atoms with Crippen molar-refractivity contribution in [1.82, 2.24) is 4.90 Å². The highest BCUT2D eigenvalue weighted by Crippen LogP contribution is 2.25. The smallest absolute Gasteiger partial charge is 0.253 e. The number of carbonyl (C=O) groups excluding carboxylic acids is 1. The molecule has 1 aromatic rings. The van der Waals surface area contributed by atoms with Crippen LogP contribution in [0.25, 0.3) is 0 Å². The van der Waals surface area contributed by atoms with Crippen molar-refractivity contribution in [2.45, 2.75) is 25.9 Å². The van der Waals surface area contributed by atoms with Gasteiger partial charge in [0.2, 0.25) is 0 Å². The molecule has 110 valence electrons. The number of aliphatic hydroxyl groups is 1. The second kappa shape index (κ2) is 6.13. The summed E-state index contributed by atoms with van der Waals surface area (Å²) in [4.78, 5) is 14.2. The largest absolute Gasteiger partial charge is 0.495 e. The van der Waals surface area contributed by atoms with Gasteiger partial charge in [-0.3, -0.25) is 4.79 Å². The van der Waals surface area contributed by atoms with E-state index in [9.17, 15) is 9.90 Å². The Labute approximate surface area is 119 Å². The number of carbonyl (C=O) groups is 1. The number of amides is 1. The van der Waals surface area contributed by atoms with E-state index in [1.807, 2.05) is 11.8 Å². The second-order valence-electron chi connectivity index (χ2n) is 5.33. The molecule has 0 aromatic heterocycles. The van der Waals surface area contributed by atoms with Crippen LogP contribution in [0.4, 0.5) is 5.69 Å². The standard InChI is InChI=1S/C15H22N2O3/c1-10(18)11-5-7-17(8-6-11)15(19)12-3-4-13(16)14(9-12)20-2/h3-4,9-11,18H,5-8,16H2,1-2H3. The third kappa shape index (κ3) is 3.04. The van der Waals surface area contributed by atoms with Crippen LogP contribution in [0.2, 0.25) is 0 Å². The average molecular weight is 278 g/mol. The van der Waals surface area contributed by atoms with Crippen LogP contribution in [0.3, 0.4) is 0 Å². The van der Waals surface area contributed by atoms with Gasteiger partial charge in [-0.25, -0.2) is 0 Å². The summed E-state index contributed by atoms with van der Waals surface area (Å²) in [7, 11) is 1.54. The number of nitrogens with two attached hydrogens (primary N) is 1. The SMILES string of the molecule is COc1cc(C(=O)N2CCC(C(C)O)CC2)ccc1N. The summed E-state index contributed by atoms with van der Waals surface area (Å²) in [5.41, 5.74) is 6.87. The first-order chi connectivity index (χ1) is 9.52. The van der Waals surface area contributed by atoms with Crippen molar-refractivity contribution in [2.75, 3.05) is 25.9 Å². The van der Waals surface area contributed by atoms with Gasteiger partial charge in [-0.1, -0.05) is 0 Å². The third-order valence-corrected chi connectivity index (χ3v) is 3.99. The number of anilines is 1. The molecule has 2 rings (SSSR count). The normalized spacial score (nSPS) is 17.9. The number of hydrogen-bond donors (Lipinski definition) is 2. The maximum absolute atomic E-state index is 12.4. The molecule has 0 radical (unpaired) electrons. The molecule has 1 saturated heterocycles. The highest BCUT2D eigenvalue weighted by Gasteiger charge is 2.26. The number of benzene rings is 1. The first-order valence-corrected chi connectivity index (χ1v) is 6.93. The van der Waals surface area contributed by atoms with Crippen molar-refractivity contribution in [2.24, 2.45) is 5.92 Å². The van der Waals surface area contributed by atoms with E-state index in [0.29, 0.717) is 36.0 Å². The van der Waals surface area contributed by atoms with Gasteiger partial charge in [0.15, 0.2) is 0 Å². The third-order valence-electron chi connectivity index (χ3n) is 3.99. The molecule has 0 aliphatic carbocycles. The first-order valence-electron chi connectivity index (χ1n) is 6.93. The molecule has 20 heavy (non-hydrogen) atoms. The Morgan fingerprint density at radius 1 is 1.45 bits per heavy atom. The van der Waals surface area contributed by atoms with Gasteiger partial charge in [-0.2, -0.15) is 0 Å². The molecule has 1 amide bonds. The lowest BCUT2D eigenvalue weighted by Gasteiger charge is -2.33. The number of ether oxygens (including phenoxy) is 1. The van der Waals surface area contributed by atoms with Crippen LogP contribution in [0.15, 0.2) is 18.2 Å². The second-order valence-corrected chi connectivity index (χ2v) is 5.33. The van der Waals surface area contributed by atoms with Crippen LogP contribution < -0.4 is 10.5 Å². The predicted molar refractivity (Wildman–Crippen MR) is 77.7 cm³/mol. The lowest BCUT2D eigenvalue weighted by atomic mass is 9.92. The van der Waals surface area contributed by atoms with Gasteiger partial charge < -0.3 is 20.5 Å². The van der Waals surface area contributed by atoms with Gasteiger partial charge in [0, 0.05) is 18.7 Å². The van der Waals surface area contributed by atoms with Gasteiger partial charge in [0.25, 0.3) is 5.91 Å². The zero-order valence-corrected chi connectivity index (χ0v) is 12.0. The fraction of sp³-hybridized carbons (Fsp3) is 0.533. The van der Waals surface area contributed by atoms with E-state index in [1.165, 1.54) is 7.11 Å². The quantitative estimate of drug-likeness (QED) is 0.822. The Hall–Kier alpha value is -1.75. The molecule has 1 aliphatic rings. The minimum Gasteiger partial charge on any atom is -0.495 e. The van der Waals surface area contributed by atoms with Crippen molar-refractivity contribution in [1.29, 1.82) is 0 Å². The minimum atomic E-state index is -0.302. The molecule has 1 aromatic carbocycles. The molecule has 1 heterocycles. The molecule has 1 fully saturated rings. The molecule has 0 spiro atoms. The molecular weight excluding hydrogens is 256 g/mol. The number of hydrogen-bond acceptors (Lipinski definition) is 4. The number of aliphatic hydroxyl groups excluding tert-OH is 1. The van der Waals surface area contributed by atoms with Crippen LogP contribution in [-0.2, 0) is 0 Å². The Balaban J connectivity index is 2.05. The number of methoxy groups -OCH3 is 1. The molecule has 0 saturated carbocycles. The van der Waals surface area contributed by atoms with E-state index in [2.05, 4.69) is 0 Å². The number of likely N-dealkylation sites (tertiary alicyclic amines) is 1. The minimum absolute atomic E-state index is 0.00709. The fourth-order valence-corrected chi connectivity index (χ4v) is 2.61. The maximum Gasteiger partial charge on any atom is 0.253 e. The highest BCUT2D eigenvalue weighted by atomic mass is 16.5. The molecular formula is C15H22N2O3. The molecule has 3 N–H and O–H groups in total. The van der Waals surface area contributed by atoms with Gasteiger partial charge in [0.1, 0.15) is 5.75 Å². The number of piperidine rings is 1. The highest BCUT2D eigenvalue weighted by molar-refractivity contribution is 5.95. The molecule has 5 nitrogen and oxygen atoms in total. The Bertz CT molecular complexity index is 480. The zero-order chi connectivity index (χ0) is 14.7. The summed E-state index contributed by atoms with van der Waals surface area (Å²) in [6.07, 6.45) is 1.38. The molecule has 1 aliphatic heterocycles. The van der Waals surface area contributed by atoms with Crippen LogP contribution in [0, 0.1) is 5.92 Å². The lowest BCUT2D eigenvalue weighted by Crippen LogP contribution is -2.40. The Kier molecular flexibility index (Phi) is 4.49. The van der Waals surface area contributed by atoms with Crippen molar-refractivity contribution in [3.63, 3.8) is 0 Å². The topological polar surface area (TPSA) is 75.8 Å². The lowest BCUT2D eigenvalue weighted by molar-refractivity contribution is 0.0521. The van der Waals surface area contributed by atoms with Gasteiger partial charge in [-0.05, 0) is 43.9 Å². The number of rotatable bonds is 3.